The van der Waals surface area contributed by atoms with Crippen molar-refractivity contribution in [3.05, 3.63) is 59.8 Å². The van der Waals surface area contributed by atoms with Gasteiger partial charge >= 0.3 is 0 Å². The van der Waals surface area contributed by atoms with Gasteiger partial charge in [-0.1, -0.05) is 43.8 Å². The Morgan fingerprint density at radius 1 is 1.21 bits per heavy atom. The van der Waals surface area contributed by atoms with Crippen molar-refractivity contribution in [3.63, 3.8) is 0 Å². The lowest BCUT2D eigenvalue weighted by atomic mass is 9.83. The van der Waals surface area contributed by atoms with Crippen molar-refractivity contribution in [3.8, 4) is 0 Å². The lowest BCUT2D eigenvalue weighted by Crippen LogP contribution is -2.25. The van der Waals surface area contributed by atoms with E-state index in [9.17, 15) is 13.2 Å². The Kier molecular flexibility index (Phi) is 5.92. The number of nitrogens with zero attached hydrogens (tertiary/aromatic N) is 3. The number of carbonyl (C=O) groups excluding carboxylic acids is 1. The van der Waals surface area contributed by atoms with E-state index in [1.165, 1.54) is 43.6 Å². The summed E-state index contributed by atoms with van der Waals surface area (Å²) >= 11 is 1.22. The van der Waals surface area contributed by atoms with Gasteiger partial charge in [-0.25, -0.2) is 17.7 Å². The molecular formula is C24H27N3O4S2. The number of fused-ring (bicyclic) bond motifs is 2. The SMILES string of the molecule is CC(Sc1nc2cc(S(=O)(=O)N(C)C)ccc2o1)C(=O)/C=C1\N(C)c2ccccc2C1(C)C. The number of benzene rings is 2. The predicted molar refractivity (Wildman–Crippen MR) is 131 cm³/mol. The minimum absolute atomic E-state index is 0.0409. The van der Waals surface area contributed by atoms with E-state index in [2.05, 4.69) is 35.9 Å². The summed E-state index contributed by atoms with van der Waals surface area (Å²) < 4.78 is 31.7. The number of para-hydroxylation sites is 1. The summed E-state index contributed by atoms with van der Waals surface area (Å²) in [6, 6.07) is 12.7. The van der Waals surface area contributed by atoms with Crippen LogP contribution in [0.4, 0.5) is 5.69 Å². The van der Waals surface area contributed by atoms with Crippen LogP contribution in [0.5, 0.6) is 0 Å². The van der Waals surface area contributed by atoms with Gasteiger partial charge in [0.1, 0.15) is 5.52 Å². The molecule has 0 amide bonds. The van der Waals surface area contributed by atoms with Gasteiger partial charge < -0.3 is 9.32 Å². The minimum atomic E-state index is -3.57. The molecule has 1 atom stereocenters. The average Bonchev–Trinajstić information content (AvgIpc) is 3.25. The highest BCUT2D eigenvalue weighted by atomic mass is 32.2. The summed E-state index contributed by atoms with van der Waals surface area (Å²) in [6.07, 6.45) is 1.71. The normalized spacial score (nSPS) is 17.7. The topological polar surface area (TPSA) is 83.7 Å². The highest BCUT2D eigenvalue weighted by molar-refractivity contribution is 8.00. The molecule has 2 heterocycles. The Bertz CT molecular complexity index is 1370. The van der Waals surface area contributed by atoms with Crippen molar-refractivity contribution in [1.29, 1.82) is 0 Å². The monoisotopic (exact) mass is 485 g/mol. The number of likely N-dealkylation sites (N-methyl/N-ethyl adjacent to an activating group) is 1. The number of thioether (sulfide) groups is 1. The maximum Gasteiger partial charge on any atom is 0.257 e. The summed E-state index contributed by atoms with van der Waals surface area (Å²) in [5, 5.41) is -0.102. The molecule has 0 saturated carbocycles. The third kappa shape index (κ3) is 4.09. The standard InChI is InChI=1S/C24H27N3O4S2/c1-15(20(28)14-22-24(2,3)17-9-7-8-10-19(17)27(22)6)32-23-25-18-13-16(11-12-21(18)31-23)33(29,30)26(4)5/h7-15H,1-6H3/b22-14-. The molecule has 0 spiro atoms. The third-order valence-electron chi connectivity index (χ3n) is 6.02. The maximum atomic E-state index is 13.1. The van der Waals surface area contributed by atoms with Gasteiger partial charge in [-0.2, -0.15) is 0 Å². The summed E-state index contributed by atoms with van der Waals surface area (Å²) in [5.74, 6) is -0.0409. The molecule has 174 valence electrons. The van der Waals surface area contributed by atoms with Crippen LogP contribution in [0.15, 0.2) is 68.8 Å². The molecule has 2 aromatic carbocycles. The molecule has 1 unspecified atom stereocenters. The number of hydrogen-bond donors (Lipinski definition) is 0. The number of oxazole rings is 1. The molecule has 3 aromatic rings. The van der Waals surface area contributed by atoms with Crippen LogP contribution in [0.2, 0.25) is 0 Å². The largest absolute Gasteiger partial charge is 0.431 e. The van der Waals surface area contributed by atoms with Crippen LogP contribution in [0.1, 0.15) is 26.3 Å². The Hall–Kier alpha value is -2.62. The summed E-state index contributed by atoms with van der Waals surface area (Å²) in [4.78, 5) is 19.7. The van der Waals surface area contributed by atoms with Crippen LogP contribution in [0.25, 0.3) is 11.1 Å². The molecule has 1 aliphatic heterocycles. The molecule has 1 aromatic heterocycles. The van der Waals surface area contributed by atoms with Gasteiger partial charge in [0.05, 0.1) is 10.1 Å². The van der Waals surface area contributed by atoms with Crippen molar-refractivity contribution in [1.82, 2.24) is 9.29 Å². The lowest BCUT2D eigenvalue weighted by molar-refractivity contribution is -0.114. The van der Waals surface area contributed by atoms with Gasteiger partial charge in [0.25, 0.3) is 5.22 Å². The van der Waals surface area contributed by atoms with Crippen LogP contribution in [-0.4, -0.2) is 49.9 Å². The zero-order valence-electron chi connectivity index (χ0n) is 19.5. The van der Waals surface area contributed by atoms with Crippen LogP contribution < -0.4 is 4.90 Å². The first kappa shape index (κ1) is 23.5. The van der Waals surface area contributed by atoms with Gasteiger partial charge in [-0.3, -0.25) is 4.79 Å². The molecule has 0 aliphatic carbocycles. The van der Waals surface area contributed by atoms with Gasteiger partial charge in [0, 0.05) is 44.0 Å². The van der Waals surface area contributed by atoms with E-state index < -0.39 is 15.3 Å². The van der Waals surface area contributed by atoms with E-state index in [0.29, 0.717) is 16.3 Å². The maximum absolute atomic E-state index is 13.1. The first-order valence-electron chi connectivity index (χ1n) is 10.5. The molecular weight excluding hydrogens is 458 g/mol. The number of allylic oxidation sites excluding steroid dienone is 2. The zero-order valence-corrected chi connectivity index (χ0v) is 21.1. The third-order valence-corrected chi connectivity index (χ3v) is 8.79. The quantitative estimate of drug-likeness (QED) is 0.377. The number of hydrogen-bond acceptors (Lipinski definition) is 7. The van der Waals surface area contributed by atoms with Crippen LogP contribution in [0.3, 0.4) is 0 Å². The molecule has 0 N–H and O–H groups in total. The van der Waals surface area contributed by atoms with Crippen LogP contribution in [-0.2, 0) is 20.2 Å². The van der Waals surface area contributed by atoms with Crippen LogP contribution in [0, 0.1) is 0 Å². The highest BCUT2D eigenvalue weighted by Gasteiger charge is 2.38. The van der Waals surface area contributed by atoms with Crippen molar-refractivity contribution >= 4 is 44.4 Å². The number of sulfonamides is 1. The van der Waals surface area contributed by atoms with Crippen molar-refractivity contribution < 1.29 is 17.6 Å². The number of rotatable bonds is 6. The first-order valence-corrected chi connectivity index (χ1v) is 12.8. The molecule has 9 heteroatoms. The second kappa shape index (κ2) is 8.30. The number of aromatic nitrogens is 1. The van der Waals surface area contributed by atoms with Gasteiger partial charge in [-0.05, 0) is 36.8 Å². The summed E-state index contributed by atoms with van der Waals surface area (Å²) in [7, 11) is 1.37. The van der Waals surface area contributed by atoms with Crippen molar-refractivity contribution in [2.75, 3.05) is 26.0 Å². The van der Waals surface area contributed by atoms with E-state index in [1.807, 2.05) is 26.1 Å². The van der Waals surface area contributed by atoms with Gasteiger partial charge in [0.2, 0.25) is 10.0 Å². The predicted octanol–water partition coefficient (Wildman–Crippen LogP) is 4.44. The fourth-order valence-corrected chi connectivity index (χ4v) is 5.73. The fraction of sp³-hybridized carbons (Fsp3) is 0.333. The van der Waals surface area contributed by atoms with Gasteiger partial charge in [-0.15, -0.1) is 0 Å². The molecule has 1 aliphatic rings. The Balaban J connectivity index is 1.56. The Morgan fingerprint density at radius 3 is 2.58 bits per heavy atom. The number of anilines is 1. The van der Waals surface area contributed by atoms with E-state index in [0.717, 1.165) is 15.7 Å². The van der Waals surface area contributed by atoms with Crippen LogP contribution >= 0.6 is 11.8 Å². The van der Waals surface area contributed by atoms with E-state index in [4.69, 9.17) is 4.42 Å². The fourth-order valence-electron chi connectivity index (χ4n) is 4.03. The highest BCUT2D eigenvalue weighted by Crippen LogP contribution is 2.46. The van der Waals surface area contributed by atoms with Crippen molar-refractivity contribution in [2.45, 2.75) is 41.6 Å². The molecule has 0 radical (unpaired) electrons. The summed E-state index contributed by atoms with van der Waals surface area (Å²) in [6.45, 7) is 6.05. The molecule has 33 heavy (non-hydrogen) atoms. The minimum Gasteiger partial charge on any atom is -0.431 e. The van der Waals surface area contributed by atoms with E-state index >= 15 is 0 Å². The number of ketones is 1. The van der Waals surface area contributed by atoms with E-state index in [-0.39, 0.29) is 16.1 Å². The molecule has 0 fully saturated rings. The molecule has 4 rings (SSSR count). The number of carbonyl (C=O) groups is 1. The van der Waals surface area contributed by atoms with Gasteiger partial charge in [0.15, 0.2) is 11.4 Å². The lowest BCUT2D eigenvalue weighted by Gasteiger charge is -2.24. The van der Waals surface area contributed by atoms with Crippen molar-refractivity contribution in [2.24, 2.45) is 0 Å². The zero-order chi connectivity index (χ0) is 24.1. The Morgan fingerprint density at radius 2 is 1.91 bits per heavy atom. The second-order valence-electron chi connectivity index (χ2n) is 8.79. The second-order valence-corrected chi connectivity index (χ2v) is 12.2. The Labute approximate surface area is 198 Å². The molecule has 0 saturated heterocycles. The molecule has 7 nitrogen and oxygen atoms in total. The first-order chi connectivity index (χ1) is 15.4. The summed E-state index contributed by atoms with van der Waals surface area (Å²) in [5.41, 5.74) is 3.86. The van der Waals surface area contributed by atoms with E-state index in [1.54, 1.807) is 12.1 Å². The average molecular weight is 486 g/mol. The smallest absolute Gasteiger partial charge is 0.257 e. The molecule has 0 bridgehead atoms.